The maximum atomic E-state index is 10.7. The summed E-state index contributed by atoms with van der Waals surface area (Å²) < 4.78 is 0. The Kier molecular flexibility index (Phi) is 2.37. The van der Waals surface area contributed by atoms with Gasteiger partial charge in [0.15, 0.2) is 6.29 Å². The van der Waals surface area contributed by atoms with Crippen LogP contribution in [-0.4, -0.2) is 33.4 Å². The zero-order valence-corrected chi connectivity index (χ0v) is 7.20. The number of aldehydes is 1. The summed E-state index contributed by atoms with van der Waals surface area (Å²) in [5, 5.41) is 17.3. The van der Waals surface area contributed by atoms with Gasteiger partial charge in [0.05, 0.1) is 11.3 Å². The SMILES string of the molecule is Cc1c(C(=O)O)[nH]c(C=O)c1C(=O)O. The second kappa shape index (κ2) is 3.33. The van der Waals surface area contributed by atoms with Gasteiger partial charge in [-0.3, -0.25) is 4.79 Å². The Labute approximate surface area is 78.2 Å². The molecule has 0 bridgehead atoms. The highest BCUT2D eigenvalue weighted by Crippen LogP contribution is 2.17. The van der Waals surface area contributed by atoms with Gasteiger partial charge in [0, 0.05) is 0 Å². The second-order valence-electron chi connectivity index (χ2n) is 2.64. The molecule has 1 heterocycles. The molecule has 0 spiro atoms. The van der Waals surface area contributed by atoms with Gasteiger partial charge in [0.25, 0.3) is 0 Å². The van der Waals surface area contributed by atoms with Gasteiger partial charge in [0.2, 0.25) is 0 Å². The lowest BCUT2D eigenvalue weighted by Crippen LogP contribution is -2.02. The predicted molar refractivity (Wildman–Crippen MR) is 44.8 cm³/mol. The van der Waals surface area contributed by atoms with E-state index in [0.29, 0.717) is 0 Å². The van der Waals surface area contributed by atoms with Crippen molar-refractivity contribution in [2.45, 2.75) is 6.92 Å². The molecule has 1 aromatic rings. The molecule has 6 heteroatoms. The van der Waals surface area contributed by atoms with Crippen molar-refractivity contribution >= 4 is 18.2 Å². The zero-order valence-electron chi connectivity index (χ0n) is 7.20. The first kappa shape index (κ1) is 9.97. The van der Waals surface area contributed by atoms with E-state index in [1.165, 1.54) is 6.92 Å². The molecule has 0 aliphatic heterocycles. The van der Waals surface area contributed by atoms with E-state index in [4.69, 9.17) is 10.2 Å². The third-order valence-corrected chi connectivity index (χ3v) is 1.82. The predicted octanol–water partition coefficient (Wildman–Crippen LogP) is 0.532. The molecule has 0 amide bonds. The van der Waals surface area contributed by atoms with Crippen LogP contribution in [0.25, 0.3) is 0 Å². The number of hydrogen-bond acceptors (Lipinski definition) is 3. The van der Waals surface area contributed by atoms with Gasteiger partial charge in [-0.25, -0.2) is 9.59 Å². The summed E-state index contributed by atoms with van der Waals surface area (Å²) in [5.74, 6) is -2.62. The molecular formula is C8H7NO5. The maximum absolute atomic E-state index is 10.7. The van der Waals surface area contributed by atoms with E-state index >= 15 is 0 Å². The number of carbonyl (C=O) groups excluding carboxylic acids is 1. The molecule has 0 aliphatic carbocycles. The average molecular weight is 197 g/mol. The lowest BCUT2D eigenvalue weighted by molar-refractivity contribution is 0.0687. The highest BCUT2D eigenvalue weighted by Gasteiger charge is 2.22. The molecule has 0 aromatic carbocycles. The molecule has 0 saturated carbocycles. The van der Waals surface area contributed by atoms with E-state index in [-0.39, 0.29) is 28.8 Å². The molecule has 0 saturated heterocycles. The number of carboxylic acids is 2. The van der Waals surface area contributed by atoms with E-state index in [1.807, 2.05) is 0 Å². The number of nitrogens with one attached hydrogen (secondary N) is 1. The molecule has 1 rings (SSSR count). The van der Waals surface area contributed by atoms with Crippen molar-refractivity contribution in [3.05, 3.63) is 22.5 Å². The van der Waals surface area contributed by atoms with Crippen molar-refractivity contribution in [2.24, 2.45) is 0 Å². The van der Waals surface area contributed by atoms with E-state index in [9.17, 15) is 14.4 Å². The monoisotopic (exact) mass is 197 g/mol. The lowest BCUT2D eigenvalue weighted by atomic mass is 10.1. The van der Waals surface area contributed by atoms with Crippen LogP contribution in [0.4, 0.5) is 0 Å². The van der Waals surface area contributed by atoms with E-state index < -0.39 is 11.9 Å². The van der Waals surface area contributed by atoms with Crippen LogP contribution in [0, 0.1) is 6.92 Å². The molecule has 3 N–H and O–H groups in total. The quantitative estimate of drug-likeness (QED) is 0.612. The van der Waals surface area contributed by atoms with E-state index in [0.717, 1.165) is 0 Å². The Morgan fingerprint density at radius 2 is 1.86 bits per heavy atom. The Hall–Kier alpha value is -2.11. The molecular weight excluding hydrogens is 190 g/mol. The molecule has 0 aliphatic rings. The number of H-pyrrole nitrogens is 1. The molecule has 0 atom stereocenters. The first-order valence-corrected chi connectivity index (χ1v) is 3.63. The standard InChI is InChI=1S/C8H7NO5/c1-3-5(7(11)12)4(2-10)9-6(3)8(13)14/h2,9H,1H3,(H,11,12)(H,13,14). The molecule has 14 heavy (non-hydrogen) atoms. The van der Waals surface area contributed by atoms with Crippen molar-refractivity contribution in [3.63, 3.8) is 0 Å². The molecule has 0 fully saturated rings. The number of carbonyl (C=O) groups is 3. The van der Waals surface area contributed by atoms with Crippen LogP contribution in [0.2, 0.25) is 0 Å². The average Bonchev–Trinajstić information content (AvgIpc) is 2.42. The van der Waals surface area contributed by atoms with Crippen LogP contribution in [0.1, 0.15) is 36.9 Å². The molecule has 74 valence electrons. The topological polar surface area (TPSA) is 107 Å². The number of rotatable bonds is 3. The summed E-state index contributed by atoms with van der Waals surface area (Å²) in [6, 6.07) is 0. The summed E-state index contributed by atoms with van der Waals surface area (Å²) in [5.41, 5.74) is -0.749. The summed E-state index contributed by atoms with van der Waals surface area (Å²) >= 11 is 0. The third kappa shape index (κ3) is 1.37. The largest absolute Gasteiger partial charge is 0.478 e. The molecule has 1 aromatic heterocycles. The molecule has 6 nitrogen and oxygen atoms in total. The van der Waals surface area contributed by atoms with Crippen molar-refractivity contribution in [2.75, 3.05) is 0 Å². The van der Waals surface area contributed by atoms with E-state index in [2.05, 4.69) is 4.98 Å². The number of aromatic nitrogens is 1. The van der Waals surface area contributed by atoms with Crippen molar-refractivity contribution in [1.29, 1.82) is 0 Å². The number of hydrogen-bond donors (Lipinski definition) is 3. The van der Waals surface area contributed by atoms with Gasteiger partial charge in [-0.1, -0.05) is 0 Å². The van der Waals surface area contributed by atoms with Gasteiger partial charge < -0.3 is 15.2 Å². The summed E-state index contributed by atoms with van der Waals surface area (Å²) in [4.78, 5) is 33.9. The van der Waals surface area contributed by atoms with E-state index in [1.54, 1.807) is 0 Å². The van der Waals surface area contributed by atoms with Gasteiger partial charge >= 0.3 is 11.9 Å². The smallest absolute Gasteiger partial charge is 0.352 e. The fraction of sp³-hybridized carbons (Fsp3) is 0.125. The Balaban J connectivity index is 3.48. The first-order chi connectivity index (χ1) is 6.49. The van der Waals surface area contributed by atoms with Gasteiger partial charge in [-0.2, -0.15) is 0 Å². The third-order valence-electron chi connectivity index (χ3n) is 1.82. The number of aromatic amines is 1. The van der Waals surface area contributed by atoms with Crippen molar-refractivity contribution in [1.82, 2.24) is 4.98 Å². The normalized spacial score (nSPS) is 9.79. The highest BCUT2D eigenvalue weighted by molar-refractivity contribution is 6.02. The second-order valence-corrected chi connectivity index (χ2v) is 2.64. The first-order valence-electron chi connectivity index (χ1n) is 3.63. The minimum Gasteiger partial charge on any atom is -0.478 e. The minimum absolute atomic E-state index is 0.0482. The van der Waals surface area contributed by atoms with Crippen LogP contribution in [0.5, 0.6) is 0 Å². The van der Waals surface area contributed by atoms with Crippen LogP contribution >= 0.6 is 0 Å². The van der Waals surface area contributed by atoms with Gasteiger partial charge in [0.1, 0.15) is 5.69 Å². The summed E-state index contributed by atoms with van der Waals surface area (Å²) in [7, 11) is 0. The lowest BCUT2D eigenvalue weighted by Gasteiger charge is -1.92. The van der Waals surface area contributed by atoms with Gasteiger partial charge in [-0.05, 0) is 12.5 Å². The van der Waals surface area contributed by atoms with Gasteiger partial charge in [-0.15, -0.1) is 0 Å². The Morgan fingerprint density at radius 3 is 2.14 bits per heavy atom. The fourth-order valence-electron chi connectivity index (χ4n) is 1.20. The highest BCUT2D eigenvalue weighted by atomic mass is 16.4. The molecule has 0 radical (unpaired) electrons. The fourth-order valence-corrected chi connectivity index (χ4v) is 1.20. The zero-order chi connectivity index (χ0) is 10.9. The van der Waals surface area contributed by atoms with Crippen molar-refractivity contribution in [3.8, 4) is 0 Å². The molecule has 0 unspecified atom stereocenters. The van der Waals surface area contributed by atoms with Crippen LogP contribution in [-0.2, 0) is 0 Å². The Morgan fingerprint density at radius 1 is 1.29 bits per heavy atom. The number of aromatic carboxylic acids is 2. The minimum atomic E-state index is -1.33. The van der Waals surface area contributed by atoms with Crippen LogP contribution in [0.3, 0.4) is 0 Å². The van der Waals surface area contributed by atoms with Crippen molar-refractivity contribution < 1.29 is 24.6 Å². The maximum Gasteiger partial charge on any atom is 0.352 e. The number of carboxylic acid groups (broad SMARTS) is 2. The summed E-state index contributed by atoms with van der Waals surface area (Å²) in [6.07, 6.45) is 0.281. The Bertz CT molecular complexity index is 418. The van der Waals surface area contributed by atoms with Crippen LogP contribution < -0.4 is 0 Å². The van der Waals surface area contributed by atoms with Crippen LogP contribution in [0.15, 0.2) is 0 Å². The summed E-state index contributed by atoms with van der Waals surface area (Å²) in [6.45, 7) is 1.33.